The first-order chi connectivity index (χ1) is 19.7. The van der Waals surface area contributed by atoms with Crippen molar-refractivity contribution in [3.05, 3.63) is 0 Å². The van der Waals surface area contributed by atoms with E-state index in [1.54, 1.807) is 0 Å². The van der Waals surface area contributed by atoms with Crippen molar-refractivity contribution >= 4 is 11.9 Å². The minimum absolute atomic E-state index is 0.534. The normalized spacial score (nSPS) is 44.3. The maximum absolute atomic E-state index is 12.5. The number of hydrogen-bond donors (Lipinski definition) is 12. The van der Waals surface area contributed by atoms with Gasteiger partial charge in [0.15, 0.2) is 12.6 Å². The van der Waals surface area contributed by atoms with Gasteiger partial charge in [0.1, 0.15) is 54.9 Å². The molecule has 0 aromatic rings. The average Bonchev–Trinajstić information content (AvgIpc) is 2.94. The molecule has 0 aliphatic carbocycles. The number of carbonyl (C=O) groups excluding carboxylic acids is 1. The van der Waals surface area contributed by atoms with Gasteiger partial charge in [0.05, 0.1) is 38.1 Å². The van der Waals surface area contributed by atoms with Gasteiger partial charge in [0, 0.05) is 19.8 Å². The Balaban J connectivity index is 1.89. The fourth-order valence-electron chi connectivity index (χ4n) is 5.16. The number of nitrogens with one attached hydrogen (secondary N) is 1. The third kappa shape index (κ3) is 7.34. The molecular weight excluding hydrogens is 578 g/mol. The van der Waals surface area contributed by atoms with Crippen LogP contribution in [0.3, 0.4) is 0 Å². The van der Waals surface area contributed by atoms with Crippen molar-refractivity contribution in [2.24, 2.45) is 0 Å². The first-order valence-electron chi connectivity index (χ1n) is 13.1. The smallest absolute Gasteiger partial charge is 0.364 e. The number of hydrogen-bond acceptors (Lipinski definition) is 17. The third-order valence-electron chi connectivity index (χ3n) is 7.37. The lowest BCUT2D eigenvalue weighted by atomic mass is 9.88. The molecule has 3 fully saturated rings. The second-order valence-electron chi connectivity index (χ2n) is 10.4. The van der Waals surface area contributed by atoms with Gasteiger partial charge in [-0.05, 0) is 0 Å². The second kappa shape index (κ2) is 14.4. The van der Waals surface area contributed by atoms with Gasteiger partial charge in [-0.15, -0.1) is 0 Å². The van der Waals surface area contributed by atoms with E-state index in [1.807, 2.05) is 0 Å². The molecule has 42 heavy (non-hydrogen) atoms. The van der Waals surface area contributed by atoms with Gasteiger partial charge in [0.2, 0.25) is 5.91 Å². The monoisotopic (exact) mass is 617 g/mol. The summed E-state index contributed by atoms with van der Waals surface area (Å²) < 4.78 is 27.4. The van der Waals surface area contributed by atoms with Crippen LogP contribution in [0.5, 0.6) is 0 Å². The van der Waals surface area contributed by atoms with Gasteiger partial charge in [0.25, 0.3) is 5.79 Å². The Hall–Kier alpha value is -1.66. The lowest BCUT2D eigenvalue weighted by molar-refractivity contribution is -0.364. The van der Waals surface area contributed by atoms with Crippen molar-refractivity contribution < 1.29 is 89.4 Å². The molecule has 1 amide bonds. The molecule has 3 rings (SSSR count). The van der Waals surface area contributed by atoms with Crippen molar-refractivity contribution in [1.29, 1.82) is 0 Å². The molecule has 3 saturated heterocycles. The highest BCUT2D eigenvalue weighted by molar-refractivity contribution is 5.76. The number of ether oxygens (including phenoxy) is 5. The van der Waals surface area contributed by atoms with E-state index in [-0.39, 0.29) is 0 Å². The van der Waals surface area contributed by atoms with Crippen molar-refractivity contribution in [2.75, 3.05) is 19.8 Å². The van der Waals surface area contributed by atoms with Crippen molar-refractivity contribution in [3.8, 4) is 0 Å². The zero-order chi connectivity index (χ0) is 31.5. The number of carboxylic acids is 1. The second-order valence-corrected chi connectivity index (χ2v) is 10.4. The molecule has 0 unspecified atom stereocenters. The SMILES string of the molecule is CC(=O)N[C@H]1[C@H]([C@H](O)[C@H](O)CO)O[C@@](O[C@@H]2C[C@H](O[C@H]3[C@H](O)[C@@H](O)[C@H](O)O[C@@H]3CO)O[C@H](CO)[C@@H]2O)(C(=O)O)C[C@@H]1O. The minimum atomic E-state index is -2.84. The Morgan fingerprint density at radius 3 is 2.17 bits per heavy atom. The van der Waals surface area contributed by atoms with Gasteiger partial charge in [-0.1, -0.05) is 0 Å². The summed E-state index contributed by atoms with van der Waals surface area (Å²) in [5.41, 5.74) is 0. The van der Waals surface area contributed by atoms with E-state index in [0.29, 0.717) is 0 Å². The number of carbonyl (C=O) groups is 2. The van der Waals surface area contributed by atoms with Crippen LogP contribution in [0, 0.1) is 0 Å². The van der Waals surface area contributed by atoms with E-state index in [0.717, 1.165) is 6.92 Å². The predicted molar refractivity (Wildman–Crippen MR) is 129 cm³/mol. The van der Waals surface area contributed by atoms with Crippen LogP contribution in [-0.4, -0.2) is 179 Å². The highest BCUT2D eigenvalue weighted by Crippen LogP contribution is 2.38. The molecule has 0 radical (unpaired) electrons. The molecule has 15 atom stereocenters. The summed E-state index contributed by atoms with van der Waals surface area (Å²) in [6, 6.07) is -1.47. The number of aliphatic carboxylic acids is 1. The van der Waals surface area contributed by atoms with E-state index >= 15 is 0 Å². The van der Waals surface area contributed by atoms with Gasteiger partial charge >= 0.3 is 5.97 Å². The number of aliphatic hydroxyl groups excluding tert-OH is 10. The number of aliphatic hydroxyl groups is 10. The Kier molecular flexibility index (Phi) is 12.0. The molecule has 19 heteroatoms. The minimum Gasteiger partial charge on any atom is -0.477 e. The molecule has 3 aliphatic heterocycles. The molecule has 0 aromatic heterocycles. The van der Waals surface area contributed by atoms with Crippen LogP contribution in [-0.2, 0) is 33.3 Å². The van der Waals surface area contributed by atoms with E-state index in [4.69, 9.17) is 23.7 Å². The van der Waals surface area contributed by atoms with Crippen LogP contribution in [0.2, 0.25) is 0 Å². The molecule has 0 saturated carbocycles. The van der Waals surface area contributed by atoms with Gasteiger partial charge in [-0.2, -0.15) is 0 Å². The van der Waals surface area contributed by atoms with Crippen molar-refractivity contribution in [1.82, 2.24) is 5.32 Å². The van der Waals surface area contributed by atoms with Crippen LogP contribution in [0.4, 0.5) is 0 Å². The topological polar surface area (TPSA) is 315 Å². The lowest BCUT2D eigenvalue weighted by Crippen LogP contribution is -2.69. The van der Waals surface area contributed by atoms with E-state index in [2.05, 4.69) is 5.32 Å². The fraction of sp³-hybridized carbons (Fsp3) is 0.913. The molecule has 3 heterocycles. The highest BCUT2D eigenvalue weighted by atomic mass is 16.7. The summed E-state index contributed by atoms with van der Waals surface area (Å²) in [6.45, 7) is -1.57. The maximum Gasteiger partial charge on any atom is 0.364 e. The molecule has 12 N–H and O–H groups in total. The first kappa shape index (κ1) is 34.8. The van der Waals surface area contributed by atoms with Crippen LogP contribution < -0.4 is 5.32 Å². The maximum atomic E-state index is 12.5. The largest absolute Gasteiger partial charge is 0.477 e. The molecule has 0 aromatic carbocycles. The zero-order valence-electron chi connectivity index (χ0n) is 22.4. The lowest BCUT2D eigenvalue weighted by Gasteiger charge is -2.49. The molecular formula is C23H39NO18. The standard InChI is InChI=1S/C23H39NO18/c1-7(28)24-14-8(29)3-23(22(36)37,42-20(14)15(31)9(30)4-25)41-10-2-13(38-11(5-26)16(10)32)40-19-12(6-27)39-21(35)18(34)17(19)33/h8-21,25-27,29-35H,2-6H2,1H3,(H,24,28)(H,36,37)/t8-,9+,10+,11+,12+,13-,14+,15+,16+,17+,18+,19+,20+,21+,23+/m0/s1. The molecule has 3 aliphatic rings. The Morgan fingerprint density at radius 2 is 1.62 bits per heavy atom. The summed E-state index contributed by atoms with van der Waals surface area (Å²) in [7, 11) is 0. The van der Waals surface area contributed by atoms with Crippen LogP contribution >= 0.6 is 0 Å². The van der Waals surface area contributed by atoms with E-state index < -0.39 is 136 Å². The van der Waals surface area contributed by atoms with Gasteiger partial charge < -0.3 is 85.2 Å². The quantitative estimate of drug-likeness (QED) is 0.102. The Bertz CT molecular complexity index is 911. The Labute approximate surface area is 238 Å². The molecule has 0 bridgehead atoms. The van der Waals surface area contributed by atoms with Crippen molar-refractivity contribution in [3.63, 3.8) is 0 Å². The summed E-state index contributed by atoms with van der Waals surface area (Å²) in [6.07, 6.45) is -23.8. The Morgan fingerprint density at radius 1 is 0.976 bits per heavy atom. The first-order valence-corrected chi connectivity index (χ1v) is 13.1. The van der Waals surface area contributed by atoms with Gasteiger partial charge in [-0.3, -0.25) is 4.79 Å². The number of carboxylic acid groups (broad SMARTS) is 1. The summed E-state index contributed by atoms with van der Waals surface area (Å²) in [5.74, 6) is -5.41. The van der Waals surface area contributed by atoms with E-state index in [9.17, 15) is 65.8 Å². The zero-order valence-corrected chi connectivity index (χ0v) is 22.4. The van der Waals surface area contributed by atoms with Crippen LogP contribution in [0.1, 0.15) is 19.8 Å². The number of amides is 1. The number of rotatable bonds is 11. The van der Waals surface area contributed by atoms with E-state index in [1.165, 1.54) is 0 Å². The van der Waals surface area contributed by atoms with Crippen LogP contribution in [0.15, 0.2) is 0 Å². The highest BCUT2D eigenvalue weighted by Gasteiger charge is 2.58. The predicted octanol–water partition coefficient (Wildman–Crippen LogP) is -7.19. The van der Waals surface area contributed by atoms with Gasteiger partial charge in [-0.25, -0.2) is 4.79 Å². The summed E-state index contributed by atoms with van der Waals surface area (Å²) >= 11 is 0. The average molecular weight is 618 g/mol. The summed E-state index contributed by atoms with van der Waals surface area (Å²) in [5, 5.41) is 113. The third-order valence-corrected chi connectivity index (χ3v) is 7.37. The van der Waals surface area contributed by atoms with Crippen molar-refractivity contribution in [2.45, 2.75) is 111 Å². The molecule has 19 nitrogen and oxygen atoms in total. The molecule has 0 spiro atoms. The molecule has 244 valence electrons. The summed E-state index contributed by atoms with van der Waals surface area (Å²) in [4.78, 5) is 24.2. The van der Waals surface area contributed by atoms with Crippen LogP contribution in [0.25, 0.3) is 0 Å². The fourth-order valence-corrected chi connectivity index (χ4v) is 5.16.